The first kappa shape index (κ1) is 25.8. The van der Waals surface area contributed by atoms with E-state index in [4.69, 9.17) is 0 Å². The second-order valence-electron chi connectivity index (χ2n) is 11.6. The minimum Gasteiger partial charge on any atom is -0.0654 e. The number of rotatable bonds is 14. The molecule has 0 saturated heterocycles. The van der Waals surface area contributed by atoms with Gasteiger partial charge in [0.25, 0.3) is 0 Å². The van der Waals surface area contributed by atoms with Gasteiger partial charge in [0.05, 0.1) is 0 Å². The Hall–Kier alpha value is -0.780. The Morgan fingerprint density at radius 2 is 1.28 bits per heavy atom. The molecule has 0 aliphatic heterocycles. The minimum atomic E-state index is 0.934. The standard InChI is InChI=1S/C32H54/c1-3-5-6-7-9-13-28-20-22-30(23-21-28)26-32(31-14-10-8-11-15-31)25-24-29-18-16-27(12-4-2)17-19-29/h20-23,27,29,31-32H,3-19,24-26H2,1-2H3. The number of benzene rings is 1. The Morgan fingerprint density at radius 1 is 0.656 bits per heavy atom. The van der Waals surface area contributed by atoms with Gasteiger partial charge < -0.3 is 0 Å². The molecule has 2 saturated carbocycles. The van der Waals surface area contributed by atoms with Crippen molar-refractivity contribution in [2.75, 3.05) is 0 Å². The maximum atomic E-state index is 2.48. The molecule has 1 atom stereocenters. The zero-order chi connectivity index (χ0) is 22.4. The van der Waals surface area contributed by atoms with E-state index in [1.807, 2.05) is 0 Å². The van der Waals surface area contributed by atoms with E-state index in [0.717, 1.165) is 23.7 Å². The zero-order valence-corrected chi connectivity index (χ0v) is 21.8. The first-order chi connectivity index (χ1) is 15.8. The van der Waals surface area contributed by atoms with E-state index < -0.39 is 0 Å². The van der Waals surface area contributed by atoms with E-state index in [0.29, 0.717) is 0 Å². The lowest BCUT2D eigenvalue weighted by atomic mass is 9.72. The van der Waals surface area contributed by atoms with Gasteiger partial charge in [0, 0.05) is 0 Å². The summed E-state index contributed by atoms with van der Waals surface area (Å²) in [4.78, 5) is 0. The summed E-state index contributed by atoms with van der Waals surface area (Å²) in [5.41, 5.74) is 3.17. The van der Waals surface area contributed by atoms with Crippen LogP contribution >= 0.6 is 0 Å². The lowest BCUT2D eigenvalue weighted by Crippen LogP contribution is -2.22. The Kier molecular flexibility index (Phi) is 12.3. The van der Waals surface area contributed by atoms with E-state index in [9.17, 15) is 0 Å². The highest BCUT2D eigenvalue weighted by Gasteiger charge is 2.26. The van der Waals surface area contributed by atoms with Gasteiger partial charge in [-0.15, -0.1) is 0 Å². The Balaban J connectivity index is 1.47. The predicted octanol–water partition coefficient (Wildman–Crippen LogP) is 10.3. The predicted molar refractivity (Wildman–Crippen MR) is 142 cm³/mol. The molecule has 0 aromatic heterocycles. The van der Waals surface area contributed by atoms with Crippen molar-refractivity contribution in [1.29, 1.82) is 0 Å². The first-order valence-corrected chi connectivity index (χ1v) is 14.9. The third-order valence-electron chi connectivity index (χ3n) is 9.02. The smallest absolute Gasteiger partial charge is 0.0248 e. The van der Waals surface area contributed by atoms with Crippen molar-refractivity contribution in [2.24, 2.45) is 23.7 Å². The van der Waals surface area contributed by atoms with E-state index in [-0.39, 0.29) is 0 Å². The molecule has 32 heavy (non-hydrogen) atoms. The fraction of sp³-hybridized carbons (Fsp3) is 0.812. The Labute approximate surface area is 201 Å². The molecule has 0 heterocycles. The van der Waals surface area contributed by atoms with E-state index in [1.54, 1.807) is 11.1 Å². The van der Waals surface area contributed by atoms with Gasteiger partial charge in [-0.1, -0.05) is 141 Å². The molecular weight excluding hydrogens is 384 g/mol. The van der Waals surface area contributed by atoms with Crippen molar-refractivity contribution in [3.8, 4) is 0 Å². The summed E-state index contributed by atoms with van der Waals surface area (Å²) in [5.74, 6) is 4.02. The molecular formula is C32H54. The van der Waals surface area contributed by atoms with Crippen LogP contribution in [-0.2, 0) is 12.8 Å². The summed E-state index contributed by atoms with van der Waals surface area (Å²) >= 11 is 0. The number of aryl methyl sites for hydroxylation is 1. The lowest BCUT2D eigenvalue weighted by Gasteiger charge is -2.33. The van der Waals surface area contributed by atoms with Gasteiger partial charge in [-0.3, -0.25) is 0 Å². The first-order valence-electron chi connectivity index (χ1n) is 14.9. The molecule has 0 spiro atoms. The van der Waals surface area contributed by atoms with Crippen molar-refractivity contribution < 1.29 is 0 Å². The largest absolute Gasteiger partial charge is 0.0654 e. The second kappa shape index (κ2) is 15.2. The van der Waals surface area contributed by atoms with Gasteiger partial charge >= 0.3 is 0 Å². The van der Waals surface area contributed by atoms with E-state index >= 15 is 0 Å². The molecule has 1 aromatic rings. The van der Waals surface area contributed by atoms with Crippen LogP contribution in [0.1, 0.15) is 141 Å². The lowest BCUT2D eigenvalue weighted by molar-refractivity contribution is 0.197. The second-order valence-corrected chi connectivity index (χ2v) is 11.6. The Bertz CT molecular complexity index is 571. The summed E-state index contributed by atoms with van der Waals surface area (Å²) in [6, 6.07) is 9.85. The van der Waals surface area contributed by atoms with Crippen molar-refractivity contribution in [3.05, 3.63) is 35.4 Å². The molecule has 0 amide bonds. The van der Waals surface area contributed by atoms with Crippen molar-refractivity contribution in [1.82, 2.24) is 0 Å². The van der Waals surface area contributed by atoms with Crippen molar-refractivity contribution in [2.45, 2.75) is 142 Å². The summed E-state index contributed by atoms with van der Waals surface area (Å²) < 4.78 is 0. The molecule has 1 unspecified atom stereocenters. The third-order valence-corrected chi connectivity index (χ3v) is 9.02. The minimum absolute atomic E-state index is 0.934. The van der Waals surface area contributed by atoms with E-state index in [2.05, 4.69) is 38.1 Å². The molecule has 182 valence electrons. The topological polar surface area (TPSA) is 0 Å². The van der Waals surface area contributed by atoms with Gasteiger partial charge in [0.2, 0.25) is 0 Å². The van der Waals surface area contributed by atoms with Crippen LogP contribution in [0.25, 0.3) is 0 Å². The number of hydrogen-bond acceptors (Lipinski definition) is 0. The van der Waals surface area contributed by atoms with Crippen LogP contribution in [-0.4, -0.2) is 0 Å². The molecule has 2 fully saturated rings. The highest BCUT2D eigenvalue weighted by Crippen LogP contribution is 2.39. The van der Waals surface area contributed by atoms with E-state index in [1.165, 1.54) is 128 Å². The summed E-state index contributed by atoms with van der Waals surface area (Å²) in [6.07, 6.45) is 29.0. The average molecular weight is 439 g/mol. The highest BCUT2D eigenvalue weighted by molar-refractivity contribution is 5.23. The summed E-state index contributed by atoms with van der Waals surface area (Å²) in [5, 5.41) is 0. The van der Waals surface area contributed by atoms with Crippen LogP contribution in [0.5, 0.6) is 0 Å². The summed E-state index contributed by atoms with van der Waals surface area (Å²) in [7, 11) is 0. The highest BCUT2D eigenvalue weighted by atomic mass is 14.3. The van der Waals surface area contributed by atoms with Crippen LogP contribution < -0.4 is 0 Å². The van der Waals surface area contributed by atoms with Crippen LogP contribution in [0.2, 0.25) is 0 Å². The quantitative estimate of drug-likeness (QED) is 0.253. The SMILES string of the molecule is CCCCCCCc1ccc(CC(CCC2CCC(CCC)CC2)C2CCCCC2)cc1. The molecule has 3 rings (SSSR count). The zero-order valence-electron chi connectivity index (χ0n) is 21.8. The third kappa shape index (κ3) is 9.23. The number of hydrogen-bond donors (Lipinski definition) is 0. The maximum absolute atomic E-state index is 2.48. The van der Waals surface area contributed by atoms with Gasteiger partial charge in [-0.25, -0.2) is 0 Å². The molecule has 2 aliphatic carbocycles. The van der Waals surface area contributed by atoms with Gasteiger partial charge in [-0.05, 0) is 60.5 Å². The maximum Gasteiger partial charge on any atom is -0.0248 e. The van der Waals surface area contributed by atoms with Crippen LogP contribution in [0.3, 0.4) is 0 Å². The van der Waals surface area contributed by atoms with Crippen molar-refractivity contribution >= 4 is 0 Å². The molecule has 1 aromatic carbocycles. The summed E-state index contributed by atoms with van der Waals surface area (Å²) in [6.45, 7) is 4.67. The van der Waals surface area contributed by atoms with Gasteiger partial charge in [0.1, 0.15) is 0 Å². The number of unbranched alkanes of at least 4 members (excludes halogenated alkanes) is 4. The fourth-order valence-electron chi connectivity index (χ4n) is 6.85. The average Bonchev–Trinajstić information content (AvgIpc) is 2.84. The molecule has 0 bridgehead atoms. The normalized spacial score (nSPS) is 23.3. The molecule has 0 nitrogen and oxygen atoms in total. The van der Waals surface area contributed by atoms with Crippen LogP contribution in [0.4, 0.5) is 0 Å². The van der Waals surface area contributed by atoms with Crippen LogP contribution in [0.15, 0.2) is 24.3 Å². The molecule has 0 heteroatoms. The monoisotopic (exact) mass is 438 g/mol. The fourth-order valence-corrected chi connectivity index (χ4v) is 6.85. The van der Waals surface area contributed by atoms with Gasteiger partial charge in [-0.2, -0.15) is 0 Å². The van der Waals surface area contributed by atoms with Crippen molar-refractivity contribution in [3.63, 3.8) is 0 Å². The molecule has 2 aliphatic rings. The molecule has 0 N–H and O–H groups in total. The van der Waals surface area contributed by atoms with Crippen LogP contribution in [0, 0.1) is 23.7 Å². The molecule has 0 radical (unpaired) electrons. The Morgan fingerprint density at radius 3 is 1.94 bits per heavy atom. The van der Waals surface area contributed by atoms with Gasteiger partial charge in [0.15, 0.2) is 0 Å².